The third kappa shape index (κ3) is 1.28. The molecule has 2 aromatic rings. The van der Waals surface area contributed by atoms with E-state index in [1.165, 1.54) is 0 Å². The lowest BCUT2D eigenvalue weighted by Crippen LogP contribution is -1.95. The average Bonchev–Trinajstić information content (AvgIpc) is 2.59. The molecule has 0 aliphatic carbocycles. The van der Waals surface area contributed by atoms with Crippen LogP contribution in [0.4, 0.5) is 0 Å². The lowest BCUT2D eigenvalue weighted by atomic mass is 10.2. The molecule has 0 radical (unpaired) electrons. The summed E-state index contributed by atoms with van der Waals surface area (Å²) < 4.78 is 5.51. The van der Waals surface area contributed by atoms with Crippen LogP contribution in [0.3, 0.4) is 0 Å². The van der Waals surface area contributed by atoms with E-state index in [0.717, 1.165) is 16.7 Å². The molecule has 0 aliphatic heterocycles. The van der Waals surface area contributed by atoms with Gasteiger partial charge in [-0.05, 0) is 19.1 Å². The van der Waals surface area contributed by atoms with E-state index in [2.05, 4.69) is 5.10 Å². The Balaban J connectivity index is 2.62. The van der Waals surface area contributed by atoms with Gasteiger partial charge in [-0.2, -0.15) is 5.10 Å². The van der Waals surface area contributed by atoms with E-state index in [-0.39, 0.29) is 0 Å². The predicted molar refractivity (Wildman–Crippen MR) is 52.6 cm³/mol. The summed E-state index contributed by atoms with van der Waals surface area (Å²) in [7, 11) is 0. The minimum absolute atomic E-state index is 0.705. The van der Waals surface area contributed by atoms with Crippen molar-refractivity contribution >= 4 is 16.7 Å². The van der Waals surface area contributed by atoms with Crippen molar-refractivity contribution in [1.29, 1.82) is 0 Å². The van der Waals surface area contributed by atoms with Crippen LogP contribution in [0.25, 0.3) is 11.0 Å². The van der Waals surface area contributed by atoms with Crippen LogP contribution in [0.2, 0.25) is 0 Å². The minimum atomic E-state index is 0.705. The van der Waals surface area contributed by atoms with Crippen molar-refractivity contribution in [2.24, 2.45) is 10.9 Å². The summed E-state index contributed by atoms with van der Waals surface area (Å²) in [6.07, 6.45) is 0. The smallest absolute Gasteiger partial charge is 0.151 e. The fourth-order valence-corrected chi connectivity index (χ4v) is 1.22. The SMILES string of the molecule is CC(=NN)c1cc2ccccc2o1. The number of hydrazone groups is 1. The first-order valence-electron chi connectivity index (χ1n) is 4.04. The van der Waals surface area contributed by atoms with E-state index in [9.17, 15) is 0 Å². The number of nitrogens with zero attached hydrogens (tertiary/aromatic N) is 1. The van der Waals surface area contributed by atoms with Gasteiger partial charge in [-0.1, -0.05) is 18.2 Å². The van der Waals surface area contributed by atoms with Gasteiger partial charge >= 0.3 is 0 Å². The molecule has 66 valence electrons. The highest BCUT2D eigenvalue weighted by atomic mass is 16.3. The molecule has 2 rings (SSSR count). The van der Waals surface area contributed by atoms with Crippen molar-refractivity contribution in [3.63, 3.8) is 0 Å². The number of hydrogen-bond donors (Lipinski definition) is 1. The van der Waals surface area contributed by atoms with Crippen LogP contribution in [-0.2, 0) is 0 Å². The van der Waals surface area contributed by atoms with Gasteiger partial charge in [-0.15, -0.1) is 0 Å². The van der Waals surface area contributed by atoms with Crippen molar-refractivity contribution in [1.82, 2.24) is 0 Å². The molecule has 1 aromatic heterocycles. The summed E-state index contributed by atoms with van der Waals surface area (Å²) in [5, 5.41) is 4.65. The molecule has 0 aliphatic rings. The fourth-order valence-electron chi connectivity index (χ4n) is 1.22. The largest absolute Gasteiger partial charge is 0.455 e. The van der Waals surface area contributed by atoms with Crippen molar-refractivity contribution in [3.8, 4) is 0 Å². The third-order valence-corrected chi connectivity index (χ3v) is 1.98. The van der Waals surface area contributed by atoms with Crippen molar-refractivity contribution in [2.45, 2.75) is 6.92 Å². The van der Waals surface area contributed by atoms with Gasteiger partial charge < -0.3 is 10.3 Å². The van der Waals surface area contributed by atoms with Crippen LogP contribution in [0.5, 0.6) is 0 Å². The molecule has 0 spiro atoms. The highest BCUT2D eigenvalue weighted by Gasteiger charge is 2.04. The summed E-state index contributed by atoms with van der Waals surface area (Å²) in [4.78, 5) is 0. The molecular weight excluding hydrogens is 164 g/mol. The quantitative estimate of drug-likeness (QED) is 0.409. The summed E-state index contributed by atoms with van der Waals surface area (Å²) in [5.41, 5.74) is 1.57. The number of nitrogens with two attached hydrogens (primary N) is 1. The van der Waals surface area contributed by atoms with E-state index in [1.54, 1.807) is 0 Å². The molecule has 2 N–H and O–H groups in total. The monoisotopic (exact) mass is 174 g/mol. The highest BCUT2D eigenvalue weighted by molar-refractivity contribution is 5.99. The van der Waals surface area contributed by atoms with E-state index < -0.39 is 0 Å². The van der Waals surface area contributed by atoms with Gasteiger partial charge in [0.15, 0.2) is 5.76 Å². The normalized spacial score (nSPS) is 12.2. The van der Waals surface area contributed by atoms with Crippen LogP contribution >= 0.6 is 0 Å². The van der Waals surface area contributed by atoms with Crippen molar-refractivity contribution in [2.75, 3.05) is 0 Å². The van der Waals surface area contributed by atoms with Gasteiger partial charge in [0.1, 0.15) is 5.58 Å². The highest BCUT2D eigenvalue weighted by Crippen LogP contribution is 2.18. The van der Waals surface area contributed by atoms with E-state index in [4.69, 9.17) is 10.3 Å². The van der Waals surface area contributed by atoms with Gasteiger partial charge in [-0.3, -0.25) is 0 Å². The molecule has 0 saturated carbocycles. The molecule has 0 unspecified atom stereocenters. The van der Waals surface area contributed by atoms with Crippen LogP contribution in [0, 0.1) is 0 Å². The Hall–Kier alpha value is -1.77. The fraction of sp³-hybridized carbons (Fsp3) is 0.100. The zero-order valence-electron chi connectivity index (χ0n) is 7.32. The Bertz CT molecular complexity index is 424. The molecule has 0 bridgehead atoms. The number of para-hydroxylation sites is 1. The van der Waals surface area contributed by atoms with Crippen LogP contribution in [-0.4, -0.2) is 5.71 Å². The minimum Gasteiger partial charge on any atom is -0.455 e. The molecule has 3 heteroatoms. The van der Waals surface area contributed by atoms with Crippen LogP contribution < -0.4 is 5.84 Å². The van der Waals surface area contributed by atoms with Gasteiger partial charge in [0.05, 0.1) is 5.71 Å². The van der Waals surface area contributed by atoms with E-state index >= 15 is 0 Å². The Morgan fingerprint density at radius 3 is 2.85 bits per heavy atom. The Morgan fingerprint density at radius 2 is 2.15 bits per heavy atom. The number of fused-ring (bicyclic) bond motifs is 1. The maximum atomic E-state index is 5.51. The Morgan fingerprint density at radius 1 is 1.38 bits per heavy atom. The van der Waals surface area contributed by atoms with Crippen molar-refractivity contribution < 1.29 is 4.42 Å². The Kier molecular flexibility index (Phi) is 1.77. The van der Waals surface area contributed by atoms with Gasteiger partial charge in [-0.25, -0.2) is 0 Å². The molecule has 1 heterocycles. The molecule has 0 fully saturated rings. The number of rotatable bonds is 1. The van der Waals surface area contributed by atoms with Crippen molar-refractivity contribution in [3.05, 3.63) is 36.1 Å². The Labute approximate surface area is 75.8 Å². The lowest BCUT2D eigenvalue weighted by Gasteiger charge is -1.89. The van der Waals surface area contributed by atoms with Gasteiger partial charge in [0.2, 0.25) is 0 Å². The summed E-state index contributed by atoms with van der Waals surface area (Å²) >= 11 is 0. The molecule has 1 aromatic carbocycles. The summed E-state index contributed by atoms with van der Waals surface area (Å²) in [6, 6.07) is 9.75. The van der Waals surface area contributed by atoms with Gasteiger partial charge in [0, 0.05) is 5.39 Å². The van der Waals surface area contributed by atoms with E-state index in [1.807, 2.05) is 37.3 Å². The summed E-state index contributed by atoms with van der Waals surface area (Å²) in [6.45, 7) is 1.82. The third-order valence-electron chi connectivity index (χ3n) is 1.98. The second-order valence-corrected chi connectivity index (χ2v) is 2.86. The first-order valence-corrected chi connectivity index (χ1v) is 4.04. The molecule has 0 saturated heterocycles. The molecule has 13 heavy (non-hydrogen) atoms. The standard InChI is InChI=1S/C10H10N2O/c1-7(12-11)10-6-8-4-2-3-5-9(8)13-10/h2-6H,11H2,1H3. The van der Waals surface area contributed by atoms with E-state index in [0.29, 0.717) is 5.71 Å². The topological polar surface area (TPSA) is 51.5 Å². The first-order chi connectivity index (χ1) is 6.31. The van der Waals surface area contributed by atoms with Crippen LogP contribution in [0.1, 0.15) is 12.7 Å². The second-order valence-electron chi connectivity index (χ2n) is 2.86. The lowest BCUT2D eigenvalue weighted by molar-refractivity contribution is 0.604. The van der Waals surface area contributed by atoms with Gasteiger partial charge in [0.25, 0.3) is 0 Å². The summed E-state index contributed by atoms with van der Waals surface area (Å²) in [5.74, 6) is 5.88. The predicted octanol–water partition coefficient (Wildman–Crippen LogP) is 2.12. The first kappa shape index (κ1) is 7.86. The number of furan rings is 1. The second kappa shape index (κ2) is 2.94. The zero-order chi connectivity index (χ0) is 9.26. The molecular formula is C10H10N2O. The number of benzene rings is 1. The molecule has 0 atom stereocenters. The maximum Gasteiger partial charge on any atom is 0.151 e. The average molecular weight is 174 g/mol. The maximum absolute atomic E-state index is 5.51. The molecule has 3 nitrogen and oxygen atoms in total. The molecule has 0 amide bonds. The zero-order valence-corrected chi connectivity index (χ0v) is 7.32. The van der Waals surface area contributed by atoms with Crippen LogP contribution in [0.15, 0.2) is 39.9 Å². The number of hydrogen-bond acceptors (Lipinski definition) is 3.